The molecule has 1 amide bonds. The first-order chi connectivity index (χ1) is 19.1. The van der Waals surface area contributed by atoms with E-state index in [1.165, 1.54) is 17.3 Å². The first kappa shape index (κ1) is 30.6. The third-order valence-corrected chi connectivity index (χ3v) is 8.54. The minimum atomic E-state index is -4.81. The standard InChI is InChI=1S/C29H36F3N5O3.CH4/c1-20-4-7-25(8-5-20)36-18-21-16-34(17-22(21)19-36)12-2-3-28(38)35-13-10-23(11-14-35)33-24-6-9-27(37(39)40)26(15-24)29(30,31)32;/h4-9,15,21-23,33H,2-3,10-14,16-19H2,1H3;1H4. The summed E-state index contributed by atoms with van der Waals surface area (Å²) in [5.74, 6) is 1.47. The van der Waals surface area contributed by atoms with E-state index in [1.807, 2.05) is 4.90 Å². The molecule has 3 aliphatic heterocycles. The van der Waals surface area contributed by atoms with Crippen LogP contribution in [0.15, 0.2) is 42.5 Å². The highest BCUT2D eigenvalue weighted by atomic mass is 19.4. The number of nitrogens with zero attached hydrogens (tertiary/aromatic N) is 4. The average Bonchev–Trinajstić information content (AvgIpc) is 3.48. The van der Waals surface area contributed by atoms with Gasteiger partial charge in [0.2, 0.25) is 5.91 Å². The number of aryl methyl sites for hydroxylation is 1. The maximum atomic E-state index is 13.3. The van der Waals surface area contributed by atoms with E-state index in [2.05, 4.69) is 46.3 Å². The minimum Gasteiger partial charge on any atom is -0.382 e. The Balaban J connectivity index is 0.00000387. The molecule has 3 heterocycles. The Morgan fingerprint density at radius 3 is 2.24 bits per heavy atom. The van der Waals surface area contributed by atoms with Gasteiger partial charge < -0.3 is 20.0 Å². The van der Waals surface area contributed by atoms with Crippen molar-refractivity contribution in [1.29, 1.82) is 0 Å². The number of benzene rings is 2. The molecule has 0 spiro atoms. The number of rotatable bonds is 8. The fraction of sp³-hybridized carbons (Fsp3) is 0.567. The lowest BCUT2D eigenvalue weighted by atomic mass is 10.0. The molecule has 5 rings (SSSR count). The number of halogens is 3. The number of alkyl halides is 3. The van der Waals surface area contributed by atoms with Gasteiger partial charge in [-0.15, -0.1) is 0 Å². The molecule has 3 saturated heterocycles. The van der Waals surface area contributed by atoms with Gasteiger partial charge in [-0.25, -0.2) is 0 Å². The molecule has 0 saturated carbocycles. The lowest BCUT2D eigenvalue weighted by Crippen LogP contribution is -2.42. The number of likely N-dealkylation sites (tertiary alicyclic amines) is 2. The Morgan fingerprint density at radius 2 is 1.66 bits per heavy atom. The Kier molecular flexibility index (Phi) is 9.46. The minimum absolute atomic E-state index is 0. The topological polar surface area (TPSA) is 82.0 Å². The molecule has 2 atom stereocenters. The van der Waals surface area contributed by atoms with Crippen molar-refractivity contribution in [2.75, 3.05) is 56.0 Å². The summed E-state index contributed by atoms with van der Waals surface area (Å²) in [6, 6.07) is 11.6. The molecule has 0 bridgehead atoms. The van der Waals surface area contributed by atoms with Gasteiger partial charge in [0.1, 0.15) is 5.56 Å². The highest BCUT2D eigenvalue weighted by molar-refractivity contribution is 5.76. The van der Waals surface area contributed by atoms with E-state index in [0.717, 1.165) is 51.3 Å². The molecule has 2 aromatic carbocycles. The summed E-state index contributed by atoms with van der Waals surface area (Å²) in [7, 11) is 0. The molecule has 0 aliphatic carbocycles. The maximum Gasteiger partial charge on any atom is 0.423 e. The van der Waals surface area contributed by atoms with E-state index in [-0.39, 0.29) is 25.1 Å². The van der Waals surface area contributed by atoms with Crippen LogP contribution in [0.4, 0.5) is 30.2 Å². The Labute approximate surface area is 239 Å². The van der Waals surface area contributed by atoms with E-state index < -0.39 is 22.4 Å². The van der Waals surface area contributed by atoms with Crippen LogP contribution in [0.5, 0.6) is 0 Å². The van der Waals surface area contributed by atoms with Crippen molar-refractivity contribution in [3.63, 3.8) is 0 Å². The SMILES string of the molecule is C.Cc1ccc(N2CC3CN(CCCC(=O)N4CCC(Nc5ccc([N+](=O)[O-])c(C(F)(F)F)c5)CC4)CC3C2)cc1. The molecule has 3 fully saturated rings. The van der Waals surface area contributed by atoms with Crippen molar-refractivity contribution in [2.24, 2.45) is 11.8 Å². The normalized spacial score (nSPS) is 21.5. The molecule has 2 unspecified atom stereocenters. The maximum absolute atomic E-state index is 13.3. The third kappa shape index (κ3) is 7.30. The lowest BCUT2D eigenvalue weighted by molar-refractivity contribution is -0.388. The van der Waals surface area contributed by atoms with E-state index in [1.54, 1.807) is 0 Å². The van der Waals surface area contributed by atoms with Gasteiger partial charge >= 0.3 is 6.18 Å². The van der Waals surface area contributed by atoms with Crippen LogP contribution in [0.1, 0.15) is 44.2 Å². The molecular weight excluding hydrogens is 535 g/mol. The van der Waals surface area contributed by atoms with Crippen LogP contribution in [0.3, 0.4) is 0 Å². The van der Waals surface area contributed by atoms with Crippen LogP contribution in [0.2, 0.25) is 0 Å². The largest absolute Gasteiger partial charge is 0.423 e. The summed E-state index contributed by atoms with van der Waals surface area (Å²) in [5.41, 5.74) is 0.547. The number of fused-ring (bicyclic) bond motifs is 1. The number of nitrogens with one attached hydrogen (secondary N) is 1. The number of carbonyl (C=O) groups excluding carboxylic acids is 1. The number of carbonyl (C=O) groups is 1. The number of anilines is 2. The monoisotopic (exact) mass is 575 g/mol. The average molecular weight is 576 g/mol. The molecule has 224 valence electrons. The van der Waals surface area contributed by atoms with Gasteiger partial charge in [0.25, 0.3) is 5.69 Å². The second-order valence-electron chi connectivity index (χ2n) is 11.4. The second kappa shape index (κ2) is 12.7. The number of nitro groups is 1. The zero-order valence-electron chi connectivity index (χ0n) is 22.7. The molecule has 3 aliphatic rings. The Hall–Kier alpha value is -3.34. The summed E-state index contributed by atoms with van der Waals surface area (Å²) in [4.78, 5) is 29.6. The third-order valence-electron chi connectivity index (χ3n) is 8.54. The molecule has 1 N–H and O–H groups in total. The van der Waals surface area contributed by atoms with Crippen molar-refractivity contribution < 1.29 is 22.9 Å². The summed E-state index contributed by atoms with van der Waals surface area (Å²) in [6.07, 6.45) is -2.28. The number of nitro benzene ring substituents is 1. The van der Waals surface area contributed by atoms with Gasteiger partial charge in [-0.05, 0) is 68.8 Å². The quantitative estimate of drug-likeness (QED) is 0.316. The fourth-order valence-corrected chi connectivity index (χ4v) is 6.37. The smallest absolute Gasteiger partial charge is 0.382 e. The number of piperidine rings is 1. The summed E-state index contributed by atoms with van der Waals surface area (Å²) >= 11 is 0. The van der Waals surface area contributed by atoms with Crippen molar-refractivity contribution in [3.8, 4) is 0 Å². The van der Waals surface area contributed by atoms with E-state index in [4.69, 9.17) is 0 Å². The first-order valence-electron chi connectivity index (χ1n) is 14.0. The molecule has 8 nitrogen and oxygen atoms in total. The zero-order chi connectivity index (χ0) is 28.4. The summed E-state index contributed by atoms with van der Waals surface area (Å²) < 4.78 is 39.8. The summed E-state index contributed by atoms with van der Waals surface area (Å²) in [6.45, 7) is 8.44. The molecule has 2 aromatic rings. The first-order valence-corrected chi connectivity index (χ1v) is 14.0. The highest BCUT2D eigenvalue weighted by Crippen LogP contribution is 2.38. The second-order valence-corrected chi connectivity index (χ2v) is 11.4. The van der Waals surface area contributed by atoms with Gasteiger partial charge in [0.15, 0.2) is 0 Å². The van der Waals surface area contributed by atoms with Gasteiger partial charge in [-0.3, -0.25) is 14.9 Å². The number of hydrogen-bond acceptors (Lipinski definition) is 6. The van der Waals surface area contributed by atoms with E-state index >= 15 is 0 Å². The molecule has 11 heteroatoms. The molecule has 0 aromatic heterocycles. The Bertz CT molecular complexity index is 1200. The molecule has 0 radical (unpaired) electrons. The predicted octanol–water partition coefficient (Wildman–Crippen LogP) is 5.81. The van der Waals surface area contributed by atoms with E-state index in [0.29, 0.717) is 44.2 Å². The Morgan fingerprint density at radius 1 is 1.02 bits per heavy atom. The zero-order valence-corrected chi connectivity index (χ0v) is 22.7. The predicted molar refractivity (Wildman–Crippen MR) is 154 cm³/mol. The van der Waals surface area contributed by atoms with Crippen LogP contribution in [0, 0.1) is 28.9 Å². The number of amides is 1. The summed E-state index contributed by atoms with van der Waals surface area (Å²) in [5, 5.41) is 14.0. The van der Waals surface area contributed by atoms with Gasteiger partial charge in [0.05, 0.1) is 4.92 Å². The lowest BCUT2D eigenvalue weighted by Gasteiger charge is -2.33. The fourth-order valence-electron chi connectivity index (χ4n) is 6.37. The highest BCUT2D eigenvalue weighted by Gasteiger charge is 2.40. The van der Waals surface area contributed by atoms with Crippen LogP contribution < -0.4 is 10.2 Å². The van der Waals surface area contributed by atoms with E-state index in [9.17, 15) is 28.1 Å². The van der Waals surface area contributed by atoms with Gasteiger partial charge in [-0.1, -0.05) is 25.1 Å². The van der Waals surface area contributed by atoms with Crippen molar-refractivity contribution >= 4 is 23.0 Å². The van der Waals surface area contributed by atoms with Crippen molar-refractivity contribution in [3.05, 3.63) is 63.7 Å². The van der Waals surface area contributed by atoms with Crippen LogP contribution in [-0.4, -0.2) is 72.5 Å². The van der Waals surface area contributed by atoms with Crippen LogP contribution in [0.25, 0.3) is 0 Å². The molecule has 41 heavy (non-hydrogen) atoms. The van der Waals surface area contributed by atoms with Crippen LogP contribution in [-0.2, 0) is 11.0 Å². The van der Waals surface area contributed by atoms with Crippen molar-refractivity contribution in [1.82, 2.24) is 9.80 Å². The van der Waals surface area contributed by atoms with Gasteiger partial charge in [-0.2, -0.15) is 13.2 Å². The number of hydrogen-bond donors (Lipinski definition) is 1. The van der Waals surface area contributed by atoms with Gasteiger partial charge in [0, 0.05) is 69.2 Å². The van der Waals surface area contributed by atoms with Crippen LogP contribution >= 0.6 is 0 Å². The van der Waals surface area contributed by atoms with Crippen molar-refractivity contribution in [2.45, 2.75) is 52.3 Å². The molecular formula is C30H40F3N5O3.